The van der Waals surface area contributed by atoms with Gasteiger partial charge in [0.15, 0.2) is 0 Å². The fourth-order valence-electron chi connectivity index (χ4n) is 1.88. The molecule has 1 saturated heterocycles. The van der Waals surface area contributed by atoms with Gasteiger partial charge in [0.05, 0.1) is 24.1 Å². The maximum absolute atomic E-state index is 11.6. The van der Waals surface area contributed by atoms with Crippen molar-refractivity contribution in [1.82, 2.24) is 10.2 Å². The van der Waals surface area contributed by atoms with E-state index in [1.165, 1.54) is 0 Å². The number of piperazine rings is 1. The third-order valence-corrected chi connectivity index (χ3v) is 3.07. The first-order chi connectivity index (χ1) is 7.89. The van der Waals surface area contributed by atoms with Crippen molar-refractivity contribution in [3.8, 4) is 6.07 Å². The number of hydrogen-bond donors (Lipinski definition) is 1. The van der Waals surface area contributed by atoms with Crippen molar-refractivity contribution in [3.63, 3.8) is 0 Å². The van der Waals surface area contributed by atoms with E-state index >= 15 is 0 Å². The summed E-state index contributed by atoms with van der Waals surface area (Å²) in [6, 6.07) is 1.98. The van der Waals surface area contributed by atoms with Crippen LogP contribution in [-0.2, 0) is 9.59 Å². The lowest BCUT2D eigenvalue weighted by atomic mass is 9.91. The summed E-state index contributed by atoms with van der Waals surface area (Å²) in [5.41, 5.74) is -0.421. The van der Waals surface area contributed by atoms with Crippen LogP contribution in [0, 0.1) is 16.7 Å². The van der Waals surface area contributed by atoms with Gasteiger partial charge < -0.3 is 0 Å². The van der Waals surface area contributed by atoms with Gasteiger partial charge in [0.2, 0.25) is 11.8 Å². The van der Waals surface area contributed by atoms with Gasteiger partial charge in [-0.2, -0.15) is 5.26 Å². The highest BCUT2D eigenvalue weighted by atomic mass is 16.2. The average molecular weight is 237 g/mol. The molecule has 94 valence electrons. The summed E-state index contributed by atoms with van der Waals surface area (Å²) in [6.45, 7) is 6.48. The minimum absolute atomic E-state index is 0.224. The number of rotatable bonds is 4. The van der Waals surface area contributed by atoms with Crippen LogP contribution >= 0.6 is 0 Å². The molecule has 0 aromatic rings. The van der Waals surface area contributed by atoms with Crippen LogP contribution in [0.5, 0.6) is 0 Å². The molecular weight excluding hydrogens is 218 g/mol. The van der Waals surface area contributed by atoms with Crippen molar-refractivity contribution >= 4 is 11.8 Å². The predicted octanol–water partition coefficient (Wildman–Crippen LogP) is 0.663. The van der Waals surface area contributed by atoms with Crippen molar-refractivity contribution in [1.29, 1.82) is 5.26 Å². The largest absolute Gasteiger partial charge is 0.294 e. The highest BCUT2D eigenvalue weighted by Gasteiger charge is 2.33. The maximum Gasteiger partial charge on any atom is 0.243 e. The van der Waals surface area contributed by atoms with Crippen molar-refractivity contribution < 1.29 is 9.59 Å². The summed E-state index contributed by atoms with van der Waals surface area (Å²) < 4.78 is 0. The standard InChI is InChI=1S/C12H19N3O2/c1-4-9-11(17)14-10(16)7-15(9)6-5-12(2,3)8-13/h9H,4-7H2,1-3H3,(H,14,16,17). The van der Waals surface area contributed by atoms with E-state index in [1.54, 1.807) is 0 Å². The van der Waals surface area contributed by atoms with Crippen LogP contribution in [0.15, 0.2) is 0 Å². The van der Waals surface area contributed by atoms with Gasteiger partial charge in [0, 0.05) is 6.54 Å². The molecule has 17 heavy (non-hydrogen) atoms. The Balaban J connectivity index is 2.64. The molecule has 0 aromatic heterocycles. The number of amides is 2. The smallest absolute Gasteiger partial charge is 0.243 e. The monoisotopic (exact) mass is 237 g/mol. The molecule has 1 aliphatic heterocycles. The van der Waals surface area contributed by atoms with E-state index in [0.29, 0.717) is 19.4 Å². The van der Waals surface area contributed by atoms with Crippen LogP contribution in [0.4, 0.5) is 0 Å². The van der Waals surface area contributed by atoms with Gasteiger partial charge in [0.25, 0.3) is 0 Å². The molecule has 0 saturated carbocycles. The van der Waals surface area contributed by atoms with Crippen LogP contribution < -0.4 is 5.32 Å². The number of nitrogens with one attached hydrogen (secondary N) is 1. The van der Waals surface area contributed by atoms with E-state index < -0.39 is 5.41 Å². The Morgan fingerprint density at radius 3 is 2.71 bits per heavy atom. The number of nitrogens with zero attached hydrogens (tertiary/aromatic N) is 2. The normalized spacial score (nSPS) is 22.1. The van der Waals surface area contributed by atoms with Crippen LogP contribution in [0.25, 0.3) is 0 Å². The second-order valence-corrected chi connectivity index (χ2v) is 5.05. The molecule has 1 N–H and O–H groups in total. The Bertz CT molecular complexity index is 357. The summed E-state index contributed by atoms with van der Waals surface area (Å²) in [4.78, 5) is 24.8. The van der Waals surface area contributed by atoms with Gasteiger partial charge in [-0.3, -0.25) is 19.8 Å². The lowest BCUT2D eigenvalue weighted by molar-refractivity contribution is -0.140. The molecule has 1 fully saturated rings. The Kier molecular flexibility index (Phi) is 4.24. The molecule has 0 radical (unpaired) electrons. The zero-order valence-corrected chi connectivity index (χ0v) is 10.6. The van der Waals surface area contributed by atoms with Crippen LogP contribution in [0.1, 0.15) is 33.6 Å². The van der Waals surface area contributed by atoms with Crippen molar-refractivity contribution in [2.24, 2.45) is 5.41 Å². The predicted molar refractivity (Wildman–Crippen MR) is 62.8 cm³/mol. The minimum atomic E-state index is -0.421. The third-order valence-electron chi connectivity index (χ3n) is 3.07. The van der Waals surface area contributed by atoms with Crippen molar-refractivity contribution in [2.45, 2.75) is 39.7 Å². The SMILES string of the molecule is CCC1C(=O)NC(=O)CN1CCC(C)(C)C#N. The van der Waals surface area contributed by atoms with Gasteiger partial charge >= 0.3 is 0 Å². The van der Waals surface area contributed by atoms with E-state index in [9.17, 15) is 9.59 Å². The quantitative estimate of drug-likeness (QED) is 0.729. The number of imide groups is 1. The van der Waals surface area contributed by atoms with E-state index in [0.717, 1.165) is 0 Å². The molecule has 0 spiro atoms. The van der Waals surface area contributed by atoms with Gasteiger partial charge in [-0.15, -0.1) is 0 Å². The van der Waals surface area contributed by atoms with Crippen LogP contribution in [0.3, 0.4) is 0 Å². The topological polar surface area (TPSA) is 73.2 Å². The van der Waals surface area contributed by atoms with Crippen LogP contribution in [0.2, 0.25) is 0 Å². The fraction of sp³-hybridized carbons (Fsp3) is 0.750. The van der Waals surface area contributed by atoms with Crippen molar-refractivity contribution in [3.05, 3.63) is 0 Å². The summed E-state index contributed by atoms with van der Waals surface area (Å²) >= 11 is 0. The summed E-state index contributed by atoms with van der Waals surface area (Å²) in [5.74, 6) is -0.479. The molecule has 1 rings (SSSR count). The molecule has 0 aromatic carbocycles. The van der Waals surface area contributed by atoms with E-state index in [2.05, 4.69) is 11.4 Å². The first-order valence-electron chi connectivity index (χ1n) is 5.88. The average Bonchev–Trinajstić information content (AvgIpc) is 2.26. The maximum atomic E-state index is 11.6. The molecule has 2 amide bonds. The molecule has 1 unspecified atom stereocenters. The first-order valence-corrected chi connectivity index (χ1v) is 5.88. The lowest BCUT2D eigenvalue weighted by Gasteiger charge is -2.34. The molecule has 5 nitrogen and oxygen atoms in total. The zero-order valence-electron chi connectivity index (χ0n) is 10.6. The Morgan fingerprint density at radius 2 is 2.18 bits per heavy atom. The first kappa shape index (κ1) is 13.7. The van der Waals surface area contributed by atoms with E-state index in [4.69, 9.17) is 5.26 Å². The number of nitriles is 1. The zero-order chi connectivity index (χ0) is 13.1. The Hall–Kier alpha value is -1.41. The Morgan fingerprint density at radius 1 is 1.53 bits per heavy atom. The molecule has 0 bridgehead atoms. The lowest BCUT2D eigenvalue weighted by Crippen LogP contribution is -2.58. The minimum Gasteiger partial charge on any atom is -0.294 e. The fourth-order valence-corrected chi connectivity index (χ4v) is 1.88. The summed E-state index contributed by atoms with van der Waals surface area (Å²) in [5, 5.41) is 11.3. The second kappa shape index (κ2) is 5.28. The second-order valence-electron chi connectivity index (χ2n) is 5.05. The molecule has 1 heterocycles. The highest BCUT2D eigenvalue weighted by Crippen LogP contribution is 2.20. The highest BCUT2D eigenvalue weighted by molar-refractivity contribution is 6.01. The number of carbonyl (C=O) groups excluding carboxylic acids is 2. The summed E-state index contributed by atoms with van der Waals surface area (Å²) in [6.07, 6.45) is 1.33. The van der Waals surface area contributed by atoms with Crippen LogP contribution in [-0.4, -0.2) is 35.8 Å². The van der Waals surface area contributed by atoms with Gasteiger partial charge in [0.1, 0.15) is 0 Å². The molecule has 1 atom stereocenters. The molecule has 5 heteroatoms. The Labute approximate surface area is 102 Å². The van der Waals surface area contributed by atoms with E-state index in [1.807, 2.05) is 25.7 Å². The van der Waals surface area contributed by atoms with Crippen molar-refractivity contribution in [2.75, 3.05) is 13.1 Å². The van der Waals surface area contributed by atoms with Gasteiger partial charge in [-0.25, -0.2) is 0 Å². The summed E-state index contributed by atoms with van der Waals surface area (Å²) in [7, 11) is 0. The molecular formula is C12H19N3O2. The van der Waals surface area contributed by atoms with Gasteiger partial charge in [-0.1, -0.05) is 6.92 Å². The third kappa shape index (κ3) is 3.53. The van der Waals surface area contributed by atoms with Gasteiger partial charge in [-0.05, 0) is 26.7 Å². The number of hydrogen-bond acceptors (Lipinski definition) is 4. The molecule has 1 aliphatic rings. The van der Waals surface area contributed by atoms with E-state index in [-0.39, 0.29) is 24.4 Å². The number of carbonyl (C=O) groups is 2. The molecule has 0 aliphatic carbocycles.